The predicted octanol–water partition coefficient (Wildman–Crippen LogP) is 7.38. The molecule has 0 unspecified atom stereocenters. The number of carbonyl (C=O) groups is 1. The van der Waals surface area contributed by atoms with Crippen LogP contribution in [0, 0.1) is 0 Å². The summed E-state index contributed by atoms with van der Waals surface area (Å²) in [5.74, 6) is 0.272. The number of fused-ring (bicyclic) bond motifs is 2. The van der Waals surface area contributed by atoms with Gasteiger partial charge in [-0.3, -0.25) is 4.79 Å². The molecule has 29 heavy (non-hydrogen) atoms. The van der Waals surface area contributed by atoms with Crippen LogP contribution in [0.4, 0.5) is 5.69 Å². The molecule has 4 nitrogen and oxygen atoms in total. The molecule has 2 aromatic heterocycles. The fourth-order valence-corrected chi connectivity index (χ4v) is 4.97. The summed E-state index contributed by atoms with van der Waals surface area (Å²) in [4.78, 5) is 17.8. The molecule has 0 fully saturated rings. The van der Waals surface area contributed by atoms with Crippen molar-refractivity contribution in [2.75, 3.05) is 5.32 Å². The number of aromatic nitrogens is 1. The van der Waals surface area contributed by atoms with Gasteiger partial charge in [0.05, 0.1) is 10.6 Å². The molecule has 0 spiro atoms. The number of oxazole rings is 1. The van der Waals surface area contributed by atoms with E-state index in [9.17, 15) is 4.79 Å². The van der Waals surface area contributed by atoms with Gasteiger partial charge < -0.3 is 9.73 Å². The van der Waals surface area contributed by atoms with Gasteiger partial charge in [-0.05, 0) is 52.3 Å². The van der Waals surface area contributed by atoms with Crippen molar-refractivity contribution < 1.29 is 9.21 Å². The number of thiophene rings is 1. The SMILES string of the molecule is O=C(Nc1ccc2oc(-c3ccccc3Br)nc2c1)c1sc2ccccc2c1Cl. The van der Waals surface area contributed by atoms with E-state index >= 15 is 0 Å². The number of benzene rings is 3. The fourth-order valence-electron chi connectivity index (χ4n) is 3.10. The van der Waals surface area contributed by atoms with Gasteiger partial charge in [-0.2, -0.15) is 0 Å². The lowest BCUT2D eigenvalue weighted by atomic mass is 10.2. The van der Waals surface area contributed by atoms with E-state index in [1.54, 1.807) is 18.2 Å². The van der Waals surface area contributed by atoms with Crippen molar-refractivity contribution in [1.82, 2.24) is 4.98 Å². The number of anilines is 1. The molecule has 1 N–H and O–H groups in total. The second kappa shape index (κ2) is 7.30. The highest BCUT2D eigenvalue weighted by Crippen LogP contribution is 2.36. The molecule has 0 saturated heterocycles. The Morgan fingerprint density at radius 1 is 1.07 bits per heavy atom. The van der Waals surface area contributed by atoms with Crippen molar-refractivity contribution in [1.29, 1.82) is 0 Å². The van der Waals surface area contributed by atoms with Gasteiger partial charge in [0.2, 0.25) is 5.89 Å². The minimum absolute atomic E-state index is 0.245. The lowest BCUT2D eigenvalue weighted by molar-refractivity contribution is 0.103. The third-order valence-electron chi connectivity index (χ3n) is 4.49. The zero-order valence-corrected chi connectivity index (χ0v) is 17.9. The van der Waals surface area contributed by atoms with Crippen molar-refractivity contribution in [3.63, 3.8) is 0 Å². The number of hydrogen-bond acceptors (Lipinski definition) is 4. The predicted molar refractivity (Wildman–Crippen MR) is 122 cm³/mol. The highest BCUT2D eigenvalue weighted by molar-refractivity contribution is 9.10. The standard InChI is InChI=1S/C22H12BrClN2O2S/c23-15-7-3-1-5-13(15)22-26-16-11-12(9-10-17(16)28-22)25-21(27)20-19(24)14-6-2-4-8-18(14)29-20/h1-11H,(H,25,27). The molecule has 0 aliphatic rings. The number of nitrogens with one attached hydrogen (secondary N) is 1. The normalized spacial score (nSPS) is 11.2. The van der Waals surface area contributed by atoms with Crippen LogP contribution in [0.15, 0.2) is 75.6 Å². The number of nitrogens with zero attached hydrogens (tertiary/aromatic N) is 1. The van der Waals surface area contributed by atoms with E-state index in [1.807, 2.05) is 48.5 Å². The molecule has 142 valence electrons. The topological polar surface area (TPSA) is 55.1 Å². The van der Waals surface area contributed by atoms with Crippen LogP contribution in [0.5, 0.6) is 0 Å². The maximum Gasteiger partial charge on any atom is 0.267 e. The van der Waals surface area contributed by atoms with Crippen molar-refractivity contribution in [2.45, 2.75) is 0 Å². The Hall–Kier alpha value is -2.67. The number of carbonyl (C=O) groups excluding carboxylic acids is 1. The molecular weight excluding hydrogens is 472 g/mol. The van der Waals surface area contributed by atoms with Gasteiger partial charge in [-0.15, -0.1) is 11.3 Å². The second-order valence-corrected chi connectivity index (χ2v) is 8.66. The highest BCUT2D eigenvalue weighted by Gasteiger charge is 2.18. The average Bonchev–Trinajstić information content (AvgIpc) is 3.29. The van der Waals surface area contributed by atoms with Gasteiger partial charge in [0, 0.05) is 20.2 Å². The monoisotopic (exact) mass is 482 g/mol. The van der Waals surface area contributed by atoms with Crippen LogP contribution in [-0.4, -0.2) is 10.9 Å². The molecule has 3 aromatic carbocycles. The number of halogens is 2. The summed E-state index contributed by atoms with van der Waals surface area (Å²) < 4.78 is 7.75. The zero-order valence-electron chi connectivity index (χ0n) is 14.8. The van der Waals surface area contributed by atoms with Crippen LogP contribution < -0.4 is 5.32 Å². The van der Waals surface area contributed by atoms with E-state index in [-0.39, 0.29) is 5.91 Å². The maximum absolute atomic E-state index is 12.8. The van der Waals surface area contributed by atoms with E-state index in [1.165, 1.54) is 11.3 Å². The molecule has 0 atom stereocenters. The Labute approximate surface area is 183 Å². The van der Waals surface area contributed by atoms with Crippen LogP contribution >= 0.6 is 38.9 Å². The summed E-state index contributed by atoms with van der Waals surface area (Å²) in [5, 5.41) is 4.27. The Kier molecular flexibility index (Phi) is 4.62. The summed E-state index contributed by atoms with van der Waals surface area (Å²) in [6.07, 6.45) is 0. The summed E-state index contributed by atoms with van der Waals surface area (Å²) in [7, 11) is 0. The van der Waals surface area contributed by atoms with Gasteiger partial charge in [0.25, 0.3) is 5.91 Å². The Morgan fingerprint density at radius 3 is 2.69 bits per heavy atom. The second-order valence-electron chi connectivity index (χ2n) is 6.38. The largest absolute Gasteiger partial charge is 0.436 e. The molecule has 1 amide bonds. The number of hydrogen-bond donors (Lipinski definition) is 1. The smallest absolute Gasteiger partial charge is 0.267 e. The first kappa shape index (κ1) is 18.4. The zero-order chi connectivity index (χ0) is 20.0. The lowest BCUT2D eigenvalue weighted by Gasteiger charge is -2.03. The average molecular weight is 484 g/mol. The van der Waals surface area contributed by atoms with Crippen LogP contribution in [-0.2, 0) is 0 Å². The number of amides is 1. The molecule has 0 radical (unpaired) electrons. The van der Waals surface area contributed by atoms with Crippen LogP contribution in [0.3, 0.4) is 0 Å². The first-order chi connectivity index (χ1) is 14.1. The summed E-state index contributed by atoms with van der Waals surface area (Å²) in [6, 6.07) is 20.8. The van der Waals surface area contributed by atoms with E-state index in [0.29, 0.717) is 32.6 Å². The van der Waals surface area contributed by atoms with E-state index < -0.39 is 0 Å². The molecule has 2 heterocycles. The molecule has 0 saturated carbocycles. The first-order valence-corrected chi connectivity index (χ1v) is 10.7. The summed E-state index contributed by atoms with van der Waals surface area (Å²) in [6.45, 7) is 0. The molecule has 7 heteroatoms. The van der Waals surface area contributed by atoms with Crippen molar-refractivity contribution in [3.05, 3.63) is 81.1 Å². The van der Waals surface area contributed by atoms with Crippen LogP contribution in [0.2, 0.25) is 5.02 Å². The minimum atomic E-state index is -0.245. The van der Waals surface area contributed by atoms with E-state index in [2.05, 4.69) is 26.2 Å². The molecule has 0 aliphatic heterocycles. The third-order valence-corrected chi connectivity index (χ3v) is 6.86. The van der Waals surface area contributed by atoms with Gasteiger partial charge >= 0.3 is 0 Å². The van der Waals surface area contributed by atoms with Gasteiger partial charge in [-0.25, -0.2) is 4.98 Å². The van der Waals surface area contributed by atoms with Crippen LogP contribution in [0.25, 0.3) is 32.6 Å². The van der Waals surface area contributed by atoms with Crippen molar-refractivity contribution in [2.24, 2.45) is 0 Å². The minimum Gasteiger partial charge on any atom is -0.436 e. The van der Waals surface area contributed by atoms with E-state index in [0.717, 1.165) is 20.1 Å². The Balaban J connectivity index is 1.46. The molecule has 0 bridgehead atoms. The van der Waals surface area contributed by atoms with Gasteiger partial charge in [0.15, 0.2) is 5.58 Å². The first-order valence-electron chi connectivity index (χ1n) is 8.74. The summed E-state index contributed by atoms with van der Waals surface area (Å²) >= 11 is 11.3. The number of rotatable bonds is 3. The lowest BCUT2D eigenvalue weighted by Crippen LogP contribution is -2.10. The highest BCUT2D eigenvalue weighted by atomic mass is 79.9. The van der Waals surface area contributed by atoms with Crippen molar-refractivity contribution in [3.8, 4) is 11.5 Å². The maximum atomic E-state index is 12.8. The third kappa shape index (κ3) is 3.33. The fraction of sp³-hybridized carbons (Fsp3) is 0. The molecule has 5 rings (SSSR count). The Morgan fingerprint density at radius 2 is 1.86 bits per heavy atom. The molecule has 5 aromatic rings. The quantitative estimate of drug-likeness (QED) is 0.291. The van der Waals surface area contributed by atoms with Gasteiger partial charge in [0.1, 0.15) is 10.4 Å². The van der Waals surface area contributed by atoms with E-state index in [4.69, 9.17) is 16.0 Å². The van der Waals surface area contributed by atoms with Crippen molar-refractivity contribution >= 4 is 71.6 Å². The Bertz CT molecular complexity index is 1390. The molecule has 0 aliphatic carbocycles. The van der Waals surface area contributed by atoms with Crippen LogP contribution in [0.1, 0.15) is 9.67 Å². The van der Waals surface area contributed by atoms with Gasteiger partial charge in [-0.1, -0.05) is 41.9 Å². The summed E-state index contributed by atoms with van der Waals surface area (Å²) in [5.41, 5.74) is 2.80. The molecular formula is C22H12BrClN2O2S.